The van der Waals surface area contributed by atoms with Crippen LogP contribution in [-0.2, 0) is 4.79 Å². The average Bonchev–Trinajstić information content (AvgIpc) is 2.41. The van der Waals surface area contributed by atoms with Crippen molar-refractivity contribution in [1.82, 2.24) is 4.90 Å². The van der Waals surface area contributed by atoms with Gasteiger partial charge in [0, 0.05) is 6.54 Å². The second-order valence-corrected chi connectivity index (χ2v) is 7.05. The van der Waals surface area contributed by atoms with Crippen molar-refractivity contribution in [2.24, 2.45) is 22.8 Å². The van der Waals surface area contributed by atoms with E-state index < -0.39 is 11.4 Å². The van der Waals surface area contributed by atoms with Gasteiger partial charge < -0.3 is 16.4 Å². The van der Waals surface area contributed by atoms with Crippen molar-refractivity contribution >= 4 is 5.91 Å². The molecule has 1 amide bonds. The molecule has 4 nitrogen and oxygen atoms in total. The summed E-state index contributed by atoms with van der Waals surface area (Å²) in [6, 6.07) is 0. The molecule has 1 fully saturated rings. The summed E-state index contributed by atoms with van der Waals surface area (Å²) in [7, 11) is 0. The summed E-state index contributed by atoms with van der Waals surface area (Å²) in [5.41, 5.74) is 10.7. The molecule has 2 unspecified atom stereocenters. The highest BCUT2D eigenvalue weighted by atomic mass is 16.1. The zero-order chi connectivity index (χ0) is 14.0. The summed E-state index contributed by atoms with van der Waals surface area (Å²) < 4.78 is 0. The van der Waals surface area contributed by atoms with Crippen LogP contribution in [0.25, 0.3) is 0 Å². The van der Waals surface area contributed by atoms with Crippen LogP contribution in [0.3, 0.4) is 0 Å². The number of primary amides is 1. The smallest absolute Gasteiger partial charge is 0.238 e. The lowest BCUT2D eigenvalue weighted by Gasteiger charge is -2.31. The predicted molar refractivity (Wildman–Crippen MR) is 75.0 cm³/mol. The number of hydrogen-bond acceptors (Lipinski definition) is 3. The highest BCUT2D eigenvalue weighted by molar-refractivity contribution is 5.84. The summed E-state index contributed by atoms with van der Waals surface area (Å²) in [5.74, 6) is 0.333. The van der Waals surface area contributed by atoms with Gasteiger partial charge in [-0.05, 0) is 50.6 Å². The summed E-state index contributed by atoms with van der Waals surface area (Å²) >= 11 is 0. The van der Waals surface area contributed by atoms with E-state index in [4.69, 9.17) is 11.5 Å². The third-order valence-corrected chi connectivity index (χ3v) is 4.16. The van der Waals surface area contributed by atoms with Crippen molar-refractivity contribution in [3.8, 4) is 0 Å². The Bertz CT molecular complexity index is 294. The Hall–Kier alpha value is -0.610. The number of nitrogens with two attached hydrogens (primary N) is 2. The van der Waals surface area contributed by atoms with E-state index in [1.165, 1.54) is 19.3 Å². The van der Waals surface area contributed by atoms with Gasteiger partial charge in [0.2, 0.25) is 5.91 Å². The van der Waals surface area contributed by atoms with Gasteiger partial charge in [-0.2, -0.15) is 0 Å². The minimum Gasteiger partial charge on any atom is -0.368 e. The molecule has 0 bridgehead atoms. The molecular weight excluding hydrogens is 226 g/mol. The number of carbonyl (C=O) groups excluding carboxylic acids is 1. The highest BCUT2D eigenvalue weighted by Gasteiger charge is 2.31. The fourth-order valence-electron chi connectivity index (χ4n) is 2.72. The molecule has 0 aromatic heterocycles. The van der Waals surface area contributed by atoms with Gasteiger partial charge in [0.25, 0.3) is 0 Å². The van der Waals surface area contributed by atoms with Crippen LogP contribution in [0.2, 0.25) is 0 Å². The van der Waals surface area contributed by atoms with Crippen molar-refractivity contribution in [1.29, 1.82) is 0 Å². The van der Waals surface area contributed by atoms with Gasteiger partial charge in [0.1, 0.15) is 5.54 Å². The molecule has 1 saturated heterocycles. The minimum atomic E-state index is -0.915. The molecule has 0 spiro atoms. The van der Waals surface area contributed by atoms with Gasteiger partial charge >= 0.3 is 0 Å². The number of nitrogens with zero attached hydrogens (tertiary/aromatic N) is 1. The molecule has 0 radical (unpaired) electrons. The summed E-state index contributed by atoms with van der Waals surface area (Å²) in [4.78, 5) is 13.6. The molecule has 1 aliphatic rings. The van der Waals surface area contributed by atoms with E-state index in [9.17, 15) is 4.79 Å². The Labute approximate surface area is 111 Å². The number of hydrogen-bond donors (Lipinski definition) is 2. The van der Waals surface area contributed by atoms with Gasteiger partial charge in [0.15, 0.2) is 0 Å². The van der Waals surface area contributed by atoms with Crippen molar-refractivity contribution in [2.75, 3.05) is 19.6 Å². The lowest BCUT2D eigenvalue weighted by Crippen LogP contribution is -2.56. The van der Waals surface area contributed by atoms with Crippen LogP contribution in [0.1, 0.15) is 47.0 Å². The van der Waals surface area contributed by atoms with Crippen LogP contribution in [0.4, 0.5) is 0 Å². The number of carbonyl (C=O) groups is 1. The number of amides is 1. The summed E-state index contributed by atoms with van der Waals surface area (Å²) in [6.45, 7) is 11.3. The average molecular weight is 255 g/mol. The molecule has 18 heavy (non-hydrogen) atoms. The molecule has 0 aliphatic carbocycles. The molecule has 1 rings (SSSR count). The SMILES string of the molecule is CC(N)(CN1CCCC(C(C)(C)C)CC1)C(N)=O. The Morgan fingerprint density at radius 1 is 1.22 bits per heavy atom. The molecule has 4 N–H and O–H groups in total. The van der Waals surface area contributed by atoms with E-state index in [-0.39, 0.29) is 0 Å². The first-order valence-electron chi connectivity index (χ1n) is 6.94. The first-order valence-corrected chi connectivity index (χ1v) is 6.94. The topological polar surface area (TPSA) is 72.3 Å². The van der Waals surface area contributed by atoms with Crippen LogP contribution in [0, 0.1) is 11.3 Å². The fraction of sp³-hybridized carbons (Fsp3) is 0.929. The molecule has 0 aromatic carbocycles. The predicted octanol–water partition coefficient (Wildman–Crippen LogP) is 1.34. The Balaban J connectivity index is 2.55. The van der Waals surface area contributed by atoms with Crippen LogP contribution in [0.15, 0.2) is 0 Å². The third-order valence-electron chi connectivity index (χ3n) is 4.16. The maximum atomic E-state index is 11.3. The standard InChI is InChI=1S/C14H29N3O/c1-13(2,3)11-6-5-8-17(9-7-11)10-14(4,16)12(15)18/h11H,5-10,16H2,1-4H3,(H2,15,18). The normalized spacial score (nSPS) is 26.4. The Kier molecular flexibility index (Phi) is 4.78. The first kappa shape index (κ1) is 15.4. The van der Waals surface area contributed by atoms with Crippen molar-refractivity contribution in [2.45, 2.75) is 52.5 Å². The zero-order valence-corrected chi connectivity index (χ0v) is 12.3. The molecule has 2 atom stereocenters. The van der Waals surface area contributed by atoms with Crippen LogP contribution in [-0.4, -0.2) is 36.0 Å². The Morgan fingerprint density at radius 2 is 1.83 bits per heavy atom. The monoisotopic (exact) mass is 255 g/mol. The van der Waals surface area contributed by atoms with E-state index >= 15 is 0 Å². The molecule has 4 heteroatoms. The van der Waals surface area contributed by atoms with E-state index in [0.717, 1.165) is 19.0 Å². The van der Waals surface area contributed by atoms with Gasteiger partial charge in [-0.1, -0.05) is 20.8 Å². The maximum absolute atomic E-state index is 11.3. The van der Waals surface area contributed by atoms with Crippen LogP contribution >= 0.6 is 0 Å². The highest BCUT2D eigenvalue weighted by Crippen LogP contribution is 2.34. The second-order valence-electron chi connectivity index (χ2n) is 7.05. The summed E-state index contributed by atoms with van der Waals surface area (Å²) in [6.07, 6.45) is 3.62. The lowest BCUT2D eigenvalue weighted by atomic mass is 9.77. The molecule has 0 saturated carbocycles. The Morgan fingerprint density at radius 3 is 2.33 bits per heavy atom. The second kappa shape index (κ2) is 5.57. The van der Waals surface area contributed by atoms with Crippen molar-refractivity contribution in [3.63, 3.8) is 0 Å². The van der Waals surface area contributed by atoms with Gasteiger partial charge in [-0.15, -0.1) is 0 Å². The summed E-state index contributed by atoms with van der Waals surface area (Å²) in [5, 5.41) is 0. The third kappa shape index (κ3) is 4.25. The van der Waals surface area contributed by atoms with Crippen LogP contribution < -0.4 is 11.5 Å². The fourth-order valence-corrected chi connectivity index (χ4v) is 2.72. The van der Waals surface area contributed by atoms with E-state index in [1.807, 2.05) is 0 Å². The minimum absolute atomic E-state index is 0.367. The lowest BCUT2D eigenvalue weighted by molar-refractivity contribution is -0.123. The molecule has 1 heterocycles. The molecule has 106 valence electrons. The number of rotatable bonds is 3. The maximum Gasteiger partial charge on any atom is 0.238 e. The van der Waals surface area contributed by atoms with Crippen molar-refractivity contribution < 1.29 is 4.79 Å². The molecular formula is C14H29N3O. The quantitative estimate of drug-likeness (QED) is 0.799. The van der Waals surface area contributed by atoms with E-state index in [2.05, 4.69) is 25.7 Å². The van der Waals surface area contributed by atoms with Crippen LogP contribution in [0.5, 0.6) is 0 Å². The van der Waals surface area contributed by atoms with Crippen molar-refractivity contribution in [3.05, 3.63) is 0 Å². The van der Waals surface area contributed by atoms with Gasteiger partial charge in [0.05, 0.1) is 0 Å². The molecule has 0 aromatic rings. The van der Waals surface area contributed by atoms with E-state index in [0.29, 0.717) is 12.0 Å². The largest absolute Gasteiger partial charge is 0.368 e. The van der Waals surface area contributed by atoms with Gasteiger partial charge in [-0.25, -0.2) is 0 Å². The van der Waals surface area contributed by atoms with Gasteiger partial charge in [-0.3, -0.25) is 4.79 Å². The first-order chi connectivity index (χ1) is 8.13. The van der Waals surface area contributed by atoms with E-state index in [1.54, 1.807) is 6.92 Å². The number of likely N-dealkylation sites (tertiary alicyclic amines) is 1. The molecule has 1 aliphatic heterocycles. The zero-order valence-electron chi connectivity index (χ0n) is 12.3.